The van der Waals surface area contributed by atoms with Crippen molar-refractivity contribution in [3.63, 3.8) is 0 Å². The van der Waals surface area contributed by atoms with Crippen molar-refractivity contribution in [1.29, 1.82) is 0 Å². The van der Waals surface area contributed by atoms with E-state index in [-0.39, 0.29) is 6.10 Å². The van der Waals surface area contributed by atoms with E-state index in [1.54, 1.807) is 11.3 Å². The maximum atomic E-state index is 9.23. The monoisotopic (exact) mass is 166 g/mol. The summed E-state index contributed by atoms with van der Waals surface area (Å²) < 4.78 is 0. The molecule has 0 aromatic carbocycles. The van der Waals surface area contributed by atoms with Crippen LogP contribution < -0.4 is 0 Å². The van der Waals surface area contributed by atoms with Crippen molar-refractivity contribution in [3.8, 4) is 0 Å². The molecule has 1 nitrogen and oxygen atoms in total. The van der Waals surface area contributed by atoms with Gasteiger partial charge in [0.05, 0.1) is 6.10 Å². The van der Waals surface area contributed by atoms with Crippen LogP contribution in [-0.2, 0) is 0 Å². The number of hydrogen-bond acceptors (Lipinski definition) is 2. The van der Waals surface area contributed by atoms with Crippen LogP contribution in [0.15, 0.2) is 23.6 Å². The molecule has 0 fully saturated rings. The lowest BCUT2D eigenvalue weighted by Gasteiger charge is -1.92. The maximum Gasteiger partial charge on any atom is 0.0730 e. The van der Waals surface area contributed by atoms with Gasteiger partial charge in [-0.05, 0) is 29.9 Å². The van der Waals surface area contributed by atoms with Crippen LogP contribution in [0.5, 0.6) is 0 Å². The van der Waals surface area contributed by atoms with Gasteiger partial charge in [-0.15, -0.1) is 11.3 Å². The molecule has 1 aromatic rings. The molecule has 0 amide bonds. The van der Waals surface area contributed by atoms with Crippen molar-refractivity contribution in [2.24, 2.45) is 0 Å². The average molecular weight is 166 g/mol. The van der Waals surface area contributed by atoms with Crippen LogP contribution in [0, 0.1) is 0 Å². The minimum Gasteiger partial charge on any atom is -0.389 e. The molecule has 2 heteroatoms. The Hall–Kier alpha value is -0.600. The topological polar surface area (TPSA) is 20.2 Å². The smallest absolute Gasteiger partial charge is 0.0730 e. The molecule has 1 unspecified atom stereocenters. The minimum absolute atomic E-state index is 0.202. The molecule has 1 aliphatic carbocycles. The van der Waals surface area contributed by atoms with Gasteiger partial charge in [-0.1, -0.05) is 12.1 Å². The zero-order valence-corrected chi connectivity index (χ0v) is 6.97. The Morgan fingerprint density at radius 3 is 3.00 bits per heavy atom. The molecule has 0 saturated carbocycles. The van der Waals surface area contributed by atoms with Gasteiger partial charge in [0.25, 0.3) is 0 Å². The van der Waals surface area contributed by atoms with Crippen LogP contribution in [0.1, 0.15) is 17.7 Å². The molecular formula is C9H10OS. The van der Waals surface area contributed by atoms with Crippen molar-refractivity contribution in [2.75, 3.05) is 0 Å². The van der Waals surface area contributed by atoms with Crippen LogP contribution in [0.2, 0.25) is 0 Å². The summed E-state index contributed by atoms with van der Waals surface area (Å²) in [6, 6.07) is 4.15. The molecule has 2 rings (SSSR count). The van der Waals surface area contributed by atoms with E-state index in [9.17, 15) is 5.11 Å². The van der Waals surface area contributed by atoms with E-state index < -0.39 is 0 Å². The standard InChI is InChI=1S/C9H10OS/c10-8-4-3-7(6-8)9-2-1-5-11-9/h1-2,5-6,8,10H,3-4H2. The highest BCUT2D eigenvalue weighted by molar-refractivity contribution is 7.11. The molecule has 1 aliphatic rings. The summed E-state index contributed by atoms with van der Waals surface area (Å²) >= 11 is 1.74. The van der Waals surface area contributed by atoms with Gasteiger partial charge in [0.1, 0.15) is 0 Å². The third kappa shape index (κ3) is 1.37. The molecule has 58 valence electrons. The summed E-state index contributed by atoms with van der Waals surface area (Å²) in [5, 5.41) is 11.3. The van der Waals surface area contributed by atoms with Crippen LogP contribution in [0.3, 0.4) is 0 Å². The number of hydrogen-bond donors (Lipinski definition) is 1. The molecule has 11 heavy (non-hydrogen) atoms. The first kappa shape index (κ1) is 7.07. The summed E-state index contributed by atoms with van der Waals surface area (Å²) in [6.07, 6.45) is 3.69. The predicted molar refractivity (Wildman–Crippen MR) is 47.5 cm³/mol. The van der Waals surface area contributed by atoms with Gasteiger partial charge in [0.15, 0.2) is 0 Å². The highest BCUT2D eigenvalue weighted by atomic mass is 32.1. The first-order valence-corrected chi connectivity index (χ1v) is 4.67. The second kappa shape index (κ2) is 2.80. The third-order valence-electron chi connectivity index (χ3n) is 1.94. The van der Waals surface area contributed by atoms with Gasteiger partial charge >= 0.3 is 0 Å². The quantitative estimate of drug-likeness (QED) is 0.678. The lowest BCUT2D eigenvalue weighted by Crippen LogP contribution is -1.93. The van der Waals surface area contributed by atoms with E-state index in [4.69, 9.17) is 0 Å². The van der Waals surface area contributed by atoms with Crippen molar-refractivity contribution in [3.05, 3.63) is 28.5 Å². The lowest BCUT2D eigenvalue weighted by atomic mass is 10.2. The Labute approximate surface area is 70.0 Å². The van der Waals surface area contributed by atoms with Crippen LogP contribution >= 0.6 is 11.3 Å². The number of thiophene rings is 1. The summed E-state index contributed by atoms with van der Waals surface area (Å²) in [5.74, 6) is 0. The first-order chi connectivity index (χ1) is 5.36. The molecule has 1 N–H and O–H groups in total. The third-order valence-corrected chi connectivity index (χ3v) is 2.89. The normalized spacial score (nSPS) is 23.7. The molecule has 0 bridgehead atoms. The van der Waals surface area contributed by atoms with Crippen molar-refractivity contribution >= 4 is 16.9 Å². The molecule has 1 heterocycles. The fourth-order valence-corrected chi connectivity index (χ4v) is 2.15. The Bertz CT molecular complexity index is 261. The van der Waals surface area contributed by atoms with Crippen LogP contribution in [-0.4, -0.2) is 11.2 Å². The molecule has 0 aliphatic heterocycles. The van der Waals surface area contributed by atoms with Gasteiger partial charge < -0.3 is 5.11 Å². The minimum atomic E-state index is -0.202. The maximum absolute atomic E-state index is 9.23. The van der Waals surface area contributed by atoms with Gasteiger partial charge in [-0.2, -0.15) is 0 Å². The second-order valence-electron chi connectivity index (χ2n) is 2.78. The summed E-state index contributed by atoms with van der Waals surface area (Å²) in [4.78, 5) is 1.31. The molecule has 0 radical (unpaired) electrons. The predicted octanol–water partition coefficient (Wildman–Crippen LogP) is 2.29. The van der Waals surface area contributed by atoms with Gasteiger partial charge in [0, 0.05) is 4.88 Å². The fourth-order valence-electron chi connectivity index (χ4n) is 1.37. The highest BCUT2D eigenvalue weighted by Crippen LogP contribution is 2.30. The summed E-state index contributed by atoms with van der Waals surface area (Å²) in [7, 11) is 0. The first-order valence-electron chi connectivity index (χ1n) is 3.79. The molecular weight excluding hydrogens is 156 g/mol. The van der Waals surface area contributed by atoms with E-state index in [0.717, 1.165) is 12.8 Å². The van der Waals surface area contributed by atoms with Crippen LogP contribution in [0.4, 0.5) is 0 Å². The SMILES string of the molecule is OC1C=C(c2cccs2)CC1. The van der Waals surface area contributed by atoms with Crippen molar-refractivity contribution < 1.29 is 5.11 Å². The molecule has 1 atom stereocenters. The van der Waals surface area contributed by atoms with Crippen molar-refractivity contribution in [2.45, 2.75) is 18.9 Å². The van der Waals surface area contributed by atoms with E-state index in [1.807, 2.05) is 12.1 Å². The molecule has 1 aromatic heterocycles. The average Bonchev–Trinajstić information content (AvgIpc) is 2.55. The summed E-state index contributed by atoms with van der Waals surface area (Å²) in [6.45, 7) is 0. The van der Waals surface area contributed by atoms with E-state index >= 15 is 0 Å². The number of aliphatic hydroxyl groups excluding tert-OH is 1. The van der Waals surface area contributed by atoms with Gasteiger partial charge in [-0.3, -0.25) is 0 Å². The van der Waals surface area contributed by atoms with E-state index in [0.29, 0.717) is 0 Å². The van der Waals surface area contributed by atoms with Crippen molar-refractivity contribution in [1.82, 2.24) is 0 Å². The number of aliphatic hydroxyl groups is 1. The Kier molecular flexibility index (Phi) is 1.80. The van der Waals surface area contributed by atoms with Crippen LogP contribution in [0.25, 0.3) is 5.57 Å². The zero-order valence-electron chi connectivity index (χ0n) is 6.16. The van der Waals surface area contributed by atoms with Gasteiger partial charge in [-0.25, -0.2) is 0 Å². The van der Waals surface area contributed by atoms with Gasteiger partial charge in [0.2, 0.25) is 0 Å². The van der Waals surface area contributed by atoms with E-state index in [2.05, 4.69) is 11.4 Å². The van der Waals surface area contributed by atoms with E-state index in [1.165, 1.54) is 10.5 Å². The molecule has 0 saturated heterocycles. The Morgan fingerprint density at radius 2 is 2.45 bits per heavy atom. The zero-order chi connectivity index (χ0) is 7.68. The Morgan fingerprint density at radius 1 is 1.55 bits per heavy atom. The molecule has 0 spiro atoms. The fraction of sp³-hybridized carbons (Fsp3) is 0.333. The number of allylic oxidation sites excluding steroid dienone is 1. The largest absolute Gasteiger partial charge is 0.389 e. The highest BCUT2D eigenvalue weighted by Gasteiger charge is 2.14. The Balaban J connectivity index is 2.25. The number of rotatable bonds is 1. The summed E-state index contributed by atoms with van der Waals surface area (Å²) in [5.41, 5.74) is 1.31. The lowest BCUT2D eigenvalue weighted by molar-refractivity contribution is 0.223. The second-order valence-corrected chi connectivity index (χ2v) is 3.72.